The molecule has 0 saturated heterocycles. The summed E-state index contributed by atoms with van der Waals surface area (Å²) < 4.78 is 2.27. The molecule has 0 radical (unpaired) electrons. The minimum atomic E-state index is -0.948. The highest BCUT2D eigenvalue weighted by atomic mass is 16.4. The number of aromatic carboxylic acids is 1. The van der Waals surface area contributed by atoms with Crippen molar-refractivity contribution in [2.45, 2.75) is 45.1 Å². The van der Waals surface area contributed by atoms with Crippen molar-refractivity contribution in [3.05, 3.63) is 53.6 Å². The molecular formula is C22H22N2O3. The summed E-state index contributed by atoms with van der Waals surface area (Å²) in [6, 6.07) is 13.0. The quantitative estimate of drug-likeness (QED) is 0.655. The summed E-state index contributed by atoms with van der Waals surface area (Å²) in [6.45, 7) is 1.56. The van der Waals surface area contributed by atoms with Crippen molar-refractivity contribution in [1.29, 1.82) is 0 Å². The van der Waals surface area contributed by atoms with Crippen molar-refractivity contribution >= 4 is 22.8 Å². The molecule has 0 spiro atoms. The second-order valence-electron chi connectivity index (χ2n) is 7.24. The maximum absolute atomic E-state index is 11.6. The number of benzene rings is 2. The molecule has 1 heterocycles. The molecule has 1 fully saturated rings. The molecule has 3 aromatic rings. The number of rotatable bonds is 4. The first kappa shape index (κ1) is 17.5. The molecule has 1 N–H and O–H groups in total. The van der Waals surface area contributed by atoms with E-state index < -0.39 is 5.97 Å². The highest BCUT2D eigenvalue weighted by Gasteiger charge is 2.23. The number of Topliss-reactive ketones (excluding diaryl/α,β-unsaturated/α-hetero) is 1. The number of hydrogen-bond donors (Lipinski definition) is 1. The van der Waals surface area contributed by atoms with Gasteiger partial charge in [-0.2, -0.15) is 0 Å². The Labute approximate surface area is 157 Å². The molecule has 1 saturated carbocycles. The molecule has 0 aliphatic heterocycles. The van der Waals surface area contributed by atoms with Gasteiger partial charge in [0.05, 0.1) is 16.6 Å². The largest absolute Gasteiger partial charge is 0.478 e. The van der Waals surface area contributed by atoms with Crippen LogP contribution in [0.15, 0.2) is 42.5 Å². The number of carbonyl (C=O) groups is 2. The summed E-state index contributed by atoms with van der Waals surface area (Å²) in [5.41, 5.74) is 3.53. The molecule has 5 nitrogen and oxygen atoms in total. The van der Waals surface area contributed by atoms with E-state index in [0.717, 1.165) is 29.7 Å². The number of hydrogen-bond acceptors (Lipinski definition) is 3. The fourth-order valence-electron chi connectivity index (χ4n) is 4.00. The summed E-state index contributed by atoms with van der Waals surface area (Å²) in [4.78, 5) is 27.7. The molecule has 0 amide bonds. The van der Waals surface area contributed by atoms with Crippen LogP contribution in [0, 0.1) is 0 Å². The highest BCUT2D eigenvalue weighted by molar-refractivity contribution is 5.95. The minimum absolute atomic E-state index is 0.0356. The lowest BCUT2D eigenvalue weighted by Crippen LogP contribution is -2.14. The van der Waals surface area contributed by atoms with E-state index in [2.05, 4.69) is 4.57 Å². The van der Waals surface area contributed by atoms with Crippen LogP contribution in [0.4, 0.5) is 0 Å². The summed E-state index contributed by atoms with van der Waals surface area (Å²) in [7, 11) is 0. The van der Waals surface area contributed by atoms with Crippen LogP contribution in [0.2, 0.25) is 0 Å². The van der Waals surface area contributed by atoms with Gasteiger partial charge in [0.25, 0.3) is 0 Å². The fraction of sp³-hybridized carbons (Fsp3) is 0.318. The first-order chi connectivity index (χ1) is 13.0. The Morgan fingerprint density at radius 2 is 1.67 bits per heavy atom. The Hall–Kier alpha value is -2.95. The Morgan fingerprint density at radius 3 is 2.30 bits per heavy atom. The van der Waals surface area contributed by atoms with Gasteiger partial charge in [0.1, 0.15) is 5.82 Å². The van der Waals surface area contributed by atoms with Crippen molar-refractivity contribution < 1.29 is 14.7 Å². The second-order valence-corrected chi connectivity index (χ2v) is 7.24. The topological polar surface area (TPSA) is 72.2 Å². The number of fused-ring (bicyclic) bond motifs is 1. The zero-order valence-electron chi connectivity index (χ0n) is 15.3. The van der Waals surface area contributed by atoms with E-state index in [9.17, 15) is 14.7 Å². The van der Waals surface area contributed by atoms with Crippen molar-refractivity contribution in [3.63, 3.8) is 0 Å². The van der Waals surface area contributed by atoms with E-state index in [0.29, 0.717) is 17.1 Å². The monoisotopic (exact) mass is 362 g/mol. The summed E-state index contributed by atoms with van der Waals surface area (Å²) in [6.07, 6.45) is 5.85. The normalized spacial score (nSPS) is 15.1. The second kappa shape index (κ2) is 6.99. The molecule has 2 aromatic carbocycles. The Morgan fingerprint density at radius 1 is 1.00 bits per heavy atom. The molecule has 0 unspecified atom stereocenters. The first-order valence-electron chi connectivity index (χ1n) is 9.41. The van der Waals surface area contributed by atoms with Gasteiger partial charge < -0.3 is 9.67 Å². The van der Waals surface area contributed by atoms with Crippen LogP contribution < -0.4 is 0 Å². The van der Waals surface area contributed by atoms with E-state index >= 15 is 0 Å². The summed E-state index contributed by atoms with van der Waals surface area (Å²) in [5.74, 6) is -0.0700. The van der Waals surface area contributed by atoms with Gasteiger partial charge in [-0.1, -0.05) is 43.5 Å². The predicted octanol–water partition coefficient (Wildman–Crippen LogP) is 5.11. The Balaban J connectivity index is 1.88. The van der Waals surface area contributed by atoms with Crippen molar-refractivity contribution in [1.82, 2.24) is 9.55 Å². The van der Waals surface area contributed by atoms with E-state index in [1.807, 2.05) is 30.3 Å². The van der Waals surface area contributed by atoms with Gasteiger partial charge in [0.15, 0.2) is 5.78 Å². The number of carboxylic acid groups (broad SMARTS) is 1. The number of carboxylic acids is 1. The van der Waals surface area contributed by atoms with Crippen LogP contribution in [0.5, 0.6) is 0 Å². The lowest BCUT2D eigenvalue weighted by molar-refractivity contribution is 0.0696. The van der Waals surface area contributed by atoms with Gasteiger partial charge in [-0.05, 0) is 38.0 Å². The number of nitrogens with zero attached hydrogens (tertiary/aromatic N) is 2. The standard InChI is InChI=1S/C22H22N2O3/c1-14(25)15-7-9-16(10-8-15)21-23-19-13-17(22(26)27)11-12-20(19)24(21)18-5-3-2-4-6-18/h7-13,18H,2-6H2,1H3,(H,26,27). The highest BCUT2D eigenvalue weighted by Crippen LogP contribution is 2.36. The van der Waals surface area contributed by atoms with Crippen molar-refractivity contribution in [3.8, 4) is 11.4 Å². The van der Waals surface area contributed by atoms with Crippen LogP contribution in [-0.4, -0.2) is 26.4 Å². The number of ketones is 1. The zero-order chi connectivity index (χ0) is 19.0. The minimum Gasteiger partial charge on any atom is -0.478 e. The third-order valence-corrected chi connectivity index (χ3v) is 5.43. The molecule has 0 bridgehead atoms. The summed E-state index contributed by atoms with van der Waals surface area (Å²) >= 11 is 0. The van der Waals surface area contributed by atoms with Crippen LogP contribution in [0.1, 0.15) is 65.8 Å². The third kappa shape index (κ3) is 3.25. The zero-order valence-corrected chi connectivity index (χ0v) is 15.3. The average Bonchev–Trinajstić information content (AvgIpc) is 3.07. The smallest absolute Gasteiger partial charge is 0.335 e. The van der Waals surface area contributed by atoms with Crippen LogP contribution >= 0.6 is 0 Å². The van der Waals surface area contributed by atoms with Gasteiger partial charge in [0.2, 0.25) is 0 Å². The van der Waals surface area contributed by atoms with E-state index in [1.54, 1.807) is 19.1 Å². The van der Waals surface area contributed by atoms with E-state index in [-0.39, 0.29) is 11.3 Å². The van der Waals surface area contributed by atoms with Crippen molar-refractivity contribution in [2.24, 2.45) is 0 Å². The maximum Gasteiger partial charge on any atom is 0.335 e. The molecule has 4 rings (SSSR count). The average molecular weight is 362 g/mol. The molecule has 138 valence electrons. The molecule has 1 aliphatic rings. The van der Waals surface area contributed by atoms with Gasteiger partial charge in [-0.15, -0.1) is 0 Å². The van der Waals surface area contributed by atoms with E-state index in [1.165, 1.54) is 19.3 Å². The van der Waals surface area contributed by atoms with E-state index in [4.69, 9.17) is 4.98 Å². The van der Waals surface area contributed by atoms with Gasteiger partial charge >= 0.3 is 5.97 Å². The lowest BCUT2D eigenvalue weighted by atomic mass is 9.94. The predicted molar refractivity (Wildman–Crippen MR) is 104 cm³/mol. The van der Waals surface area contributed by atoms with Crippen LogP contribution in [-0.2, 0) is 0 Å². The third-order valence-electron chi connectivity index (χ3n) is 5.43. The SMILES string of the molecule is CC(=O)c1ccc(-c2nc3cc(C(=O)O)ccc3n2C2CCCCC2)cc1. The molecular weight excluding hydrogens is 340 g/mol. The van der Waals surface area contributed by atoms with Crippen LogP contribution in [0.25, 0.3) is 22.4 Å². The molecule has 27 heavy (non-hydrogen) atoms. The Kier molecular flexibility index (Phi) is 4.52. The number of carbonyl (C=O) groups excluding carboxylic acids is 1. The molecule has 1 aliphatic carbocycles. The first-order valence-corrected chi connectivity index (χ1v) is 9.41. The van der Waals surface area contributed by atoms with Crippen molar-refractivity contribution in [2.75, 3.05) is 0 Å². The summed E-state index contributed by atoms with van der Waals surface area (Å²) in [5, 5.41) is 9.30. The number of imidazole rings is 1. The maximum atomic E-state index is 11.6. The molecule has 5 heteroatoms. The number of aromatic nitrogens is 2. The molecule has 0 atom stereocenters. The van der Waals surface area contributed by atoms with Gasteiger partial charge in [0, 0.05) is 17.2 Å². The van der Waals surface area contributed by atoms with Crippen LogP contribution in [0.3, 0.4) is 0 Å². The van der Waals surface area contributed by atoms with Gasteiger partial charge in [-0.25, -0.2) is 9.78 Å². The lowest BCUT2D eigenvalue weighted by Gasteiger charge is -2.25. The van der Waals surface area contributed by atoms with Gasteiger partial charge in [-0.3, -0.25) is 4.79 Å². The fourth-order valence-corrected chi connectivity index (χ4v) is 4.00. The Bertz CT molecular complexity index is 1010. The molecule has 1 aromatic heterocycles.